The number of fused-ring (bicyclic) bond motifs is 1. The van der Waals surface area contributed by atoms with Crippen molar-refractivity contribution in [3.8, 4) is 5.75 Å². The maximum Gasteiger partial charge on any atom is 0.301 e. The number of nitrogens with one attached hydrogen (secondary N) is 1. The first-order chi connectivity index (χ1) is 14.4. The lowest BCUT2D eigenvalue weighted by Gasteiger charge is -2.10. The zero-order valence-corrected chi connectivity index (χ0v) is 17.6. The molecular formula is C21H22FN3O4S. The monoisotopic (exact) mass is 431 g/mol. The van der Waals surface area contributed by atoms with E-state index in [2.05, 4.69) is 10.3 Å². The summed E-state index contributed by atoms with van der Waals surface area (Å²) < 4.78 is 19.9. The van der Waals surface area contributed by atoms with Gasteiger partial charge in [-0.3, -0.25) is 18.8 Å². The summed E-state index contributed by atoms with van der Waals surface area (Å²) in [6.45, 7) is 3.87. The predicted molar refractivity (Wildman–Crippen MR) is 112 cm³/mol. The largest absolute Gasteiger partial charge is 0.486 e. The van der Waals surface area contributed by atoms with Gasteiger partial charge in [-0.05, 0) is 31.0 Å². The Morgan fingerprint density at radius 3 is 2.70 bits per heavy atom. The molecule has 1 aromatic carbocycles. The third-order valence-corrected chi connectivity index (χ3v) is 5.22. The van der Waals surface area contributed by atoms with Crippen molar-refractivity contribution in [1.82, 2.24) is 14.7 Å². The van der Waals surface area contributed by atoms with E-state index in [0.717, 1.165) is 17.7 Å². The Hall–Kier alpha value is -3.07. The first-order valence-corrected chi connectivity index (χ1v) is 10.4. The van der Waals surface area contributed by atoms with Crippen LogP contribution in [0.5, 0.6) is 5.75 Å². The molecule has 30 heavy (non-hydrogen) atoms. The minimum absolute atomic E-state index is 0.0552. The lowest BCUT2D eigenvalue weighted by atomic mass is 10.1. The van der Waals surface area contributed by atoms with Crippen LogP contribution in [-0.4, -0.2) is 34.2 Å². The number of benzene rings is 1. The summed E-state index contributed by atoms with van der Waals surface area (Å²) in [6.07, 6.45) is 3.30. The molecule has 158 valence electrons. The molecule has 0 saturated carbocycles. The van der Waals surface area contributed by atoms with Gasteiger partial charge in [-0.2, -0.15) is 0 Å². The number of carbonyl (C=O) groups excluding carboxylic acids is 2. The number of aromatic nitrogens is 2. The van der Waals surface area contributed by atoms with Gasteiger partial charge in [-0.1, -0.05) is 25.5 Å². The fourth-order valence-corrected chi connectivity index (χ4v) is 3.61. The number of nitrogens with zero attached hydrogens (tertiary/aromatic N) is 2. The highest BCUT2D eigenvalue weighted by molar-refractivity contribution is 7.16. The van der Waals surface area contributed by atoms with Crippen molar-refractivity contribution < 1.29 is 18.7 Å². The van der Waals surface area contributed by atoms with E-state index in [1.807, 2.05) is 13.8 Å². The SMILES string of the molecule is CCCCOc1c(C(=O)NCC(=O)Cc2ccc(F)cc2)nc2sc(C)cn2c1=O. The van der Waals surface area contributed by atoms with Gasteiger partial charge in [0.2, 0.25) is 5.75 Å². The van der Waals surface area contributed by atoms with Crippen molar-refractivity contribution in [2.45, 2.75) is 33.1 Å². The van der Waals surface area contributed by atoms with E-state index in [1.54, 1.807) is 6.20 Å². The molecule has 0 fully saturated rings. The van der Waals surface area contributed by atoms with E-state index in [9.17, 15) is 18.8 Å². The molecule has 0 radical (unpaired) electrons. The van der Waals surface area contributed by atoms with E-state index >= 15 is 0 Å². The van der Waals surface area contributed by atoms with Crippen LogP contribution >= 0.6 is 11.3 Å². The number of amides is 1. The average Bonchev–Trinajstić information content (AvgIpc) is 3.10. The third-order valence-electron chi connectivity index (χ3n) is 4.32. The Labute approximate surface area is 176 Å². The number of halogens is 1. The number of hydrogen-bond donors (Lipinski definition) is 1. The number of ether oxygens (including phenoxy) is 1. The lowest BCUT2D eigenvalue weighted by Crippen LogP contribution is -2.33. The highest BCUT2D eigenvalue weighted by Crippen LogP contribution is 2.19. The molecule has 0 saturated heterocycles. The maximum atomic E-state index is 13.0. The maximum absolute atomic E-state index is 13.0. The number of ketones is 1. The van der Waals surface area contributed by atoms with Crippen LogP contribution < -0.4 is 15.6 Å². The van der Waals surface area contributed by atoms with E-state index in [4.69, 9.17) is 4.74 Å². The second-order valence-electron chi connectivity index (χ2n) is 6.82. The Morgan fingerprint density at radius 1 is 1.27 bits per heavy atom. The lowest BCUT2D eigenvalue weighted by molar-refractivity contribution is -0.117. The van der Waals surface area contributed by atoms with E-state index in [-0.39, 0.29) is 42.6 Å². The summed E-state index contributed by atoms with van der Waals surface area (Å²) >= 11 is 1.28. The zero-order valence-electron chi connectivity index (χ0n) is 16.7. The molecule has 9 heteroatoms. The van der Waals surface area contributed by atoms with Crippen LogP contribution in [0.1, 0.15) is 40.7 Å². The van der Waals surface area contributed by atoms with Crippen LogP contribution in [0, 0.1) is 12.7 Å². The Morgan fingerprint density at radius 2 is 2.00 bits per heavy atom. The number of thiazole rings is 1. The summed E-state index contributed by atoms with van der Waals surface area (Å²) in [5, 5.41) is 2.51. The van der Waals surface area contributed by atoms with Gasteiger partial charge in [-0.25, -0.2) is 9.37 Å². The normalized spacial score (nSPS) is 10.9. The van der Waals surface area contributed by atoms with Crippen LogP contribution in [-0.2, 0) is 11.2 Å². The summed E-state index contributed by atoms with van der Waals surface area (Å²) in [4.78, 5) is 43.2. The summed E-state index contributed by atoms with van der Waals surface area (Å²) in [5.74, 6) is -1.42. The molecule has 0 aliphatic carbocycles. The Kier molecular flexibility index (Phi) is 6.94. The Balaban J connectivity index is 1.77. The van der Waals surface area contributed by atoms with Crippen molar-refractivity contribution in [3.63, 3.8) is 0 Å². The fraction of sp³-hybridized carbons (Fsp3) is 0.333. The zero-order chi connectivity index (χ0) is 21.7. The molecular weight excluding hydrogens is 409 g/mol. The highest BCUT2D eigenvalue weighted by Gasteiger charge is 2.22. The minimum atomic E-state index is -0.653. The molecule has 7 nitrogen and oxygen atoms in total. The van der Waals surface area contributed by atoms with Crippen LogP contribution in [0.4, 0.5) is 4.39 Å². The molecule has 0 spiro atoms. The van der Waals surface area contributed by atoms with Crippen molar-refractivity contribution in [1.29, 1.82) is 0 Å². The van der Waals surface area contributed by atoms with Crippen molar-refractivity contribution in [3.05, 3.63) is 62.8 Å². The molecule has 1 N–H and O–H groups in total. The van der Waals surface area contributed by atoms with E-state index in [0.29, 0.717) is 10.5 Å². The highest BCUT2D eigenvalue weighted by atomic mass is 32.1. The van der Waals surface area contributed by atoms with Crippen LogP contribution in [0.2, 0.25) is 0 Å². The van der Waals surface area contributed by atoms with Gasteiger partial charge < -0.3 is 10.1 Å². The van der Waals surface area contributed by atoms with Gasteiger partial charge in [0.15, 0.2) is 16.4 Å². The summed E-state index contributed by atoms with van der Waals surface area (Å²) in [6, 6.07) is 5.59. The molecule has 0 atom stereocenters. The predicted octanol–water partition coefficient (Wildman–Crippen LogP) is 2.92. The standard InChI is InChI=1S/C21H22FN3O4S/c1-3-4-9-29-18-17(24-21-25(20(18)28)12-13(2)30-21)19(27)23-11-16(26)10-14-5-7-15(22)8-6-14/h5-8,12H,3-4,9-11H2,1-2H3,(H,23,27). The number of carbonyl (C=O) groups is 2. The van der Waals surface area contributed by atoms with E-state index in [1.165, 1.54) is 40.0 Å². The molecule has 3 aromatic rings. The molecule has 2 aromatic heterocycles. The first kappa shape index (κ1) is 21.6. The second kappa shape index (κ2) is 9.62. The molecule has 0 aliphatic heterocycles. The number of rotatable bonds is 9. The van der Waals surface area contributed by atoms with Gasteiger partial charge in [0.05, 0.1) is 13.2 Å². The van der Waals surface area contributed by atoms with Crippen molar-refractivity contribution in [2.75, 3.05) is 13.2 Å². The van der Waals surface area contributed by atoms with Crippen molar-refractivity contribution in [2.24, 2.45) is 0 Å². The Bertz CT molecular complexity index is 1120. The number of aryl methyl sites for hydroxylation is 1. The fourth-order valence-electron chi connectivity index (χ4n) is 2.79. The minimum Gasteiger partial charge on any atom is -0.486 e. The smallest absolute Gasteiger partial charge is 0.301 e. The van der Waals surface area contributed by atoms with Gasteiger partial charge in [0.1, 0.15) is 5.82 Å². The molecule has 2 heterocycles. The van der Waals surface area contributed by atoms with Gasteiger partial charge in [0.25, 0.3) is 5.91 Å². The van der Waals surface area contributed by atoms with Crippen LogP contribution in [0.25, 0.3) is 4.96 Å². The van der Waals surface area contributed by atoms with Gasteiger partial charge >= 0.3 is 5.56 Å². The van der Waals surface area contributed by atoms with Gasteiger partial charge in [0, 0.05) is 17.5 Å². The number of unbranched alkanes of at least 4 members (excludes halogenated alkanes) is 1. The molecule has 3 rings (SSSR count). The molecule has 0 aliphatic rings. The molecule has 1 amide bonds. The van der Waals surface area contributed by atoms with Crippen LogP contribution in [0.3, 0.4) is 0 Å². The summed E-state index contributed by atoms with van der Waals surface area (Å²) in [5.41, 5.74) is 0.0573. The first-order valence-electron chi connectivity index (χ1n) is 9.59. The van der Waals surface area contributed by atoms with Crippen molar-refractivity contribution >= 4 is 28.0 Å². The summed E-state index contributed by atoms with van der Waals surface area (Å²) in [7, 11) is 0. The quantitative estimate of drug-likeness (QED) is 0.526. The molecule has 0 bridgehead atoms. The second-order valence-corrected chi connectivity index (χ2v) is 8.03. The average molecular weight is 431 g/mol. The van der Waals surface area contributed by atoms with Crippen LogP contribution in [0.15, 0.2) is 35.3 Å². The molecule has 0 unspecified atom stereocenters. The van der Waals surface area contributed by atoms with Gasteiger partial charge in [-0.15, -0.1) is 11.3 Å². The number of hydrogen-bond acceptors (Lipinski definition) is 6. The topological polar surface area (TPSA) is 89.8 Å². The van der Waals surface area contributed by atoms with E-state index < -0.39 is 11.5 Å². The number of Topliss-reactive ketones (excluding diaryl/α,β-unsaturated/α-hetero) is 1. The third kappa shape index (κ3) is 5.10.